The molecule has 2 aromatic rings. The van der Waals surface area contributed by atoms with Gasteiger partial charge in [-0.2, -0.15) is 12.6 Å². The summed E-state index contributed by atoms with van der Waals surface area (Å²) in [5.41, 5.74) is 1.31. The third-order valence-corrected chi connectivity index (χ3v) is 3.08. The molecule has 19 heavy (non-hydrogen) atoms. The summed E-state index contributed by atoms with van der Waals surface area (Å²) in [6, 6.07) is 1.82. The molecule has 6 nitrogen and oxygen atoms in total. The minimum atomic E-state index is -0.126. The molecule has 102 valence electrons. The third kappa shape index (κ3) is 2.51. The van der Waals surface area contributed by atoms with Gasteiger partial charge < -0.3 is 14.8 Å². The van der Waals surface area contributed by atoms with Crippen molar-refractivity contribution in [3.05, 3.63) is 18.1 Å². The fraction of sp³-hybridized carbons (Fsp3) is 0.417. The van der Waals surface area contributed by atoms with E-state index in [0.717, 1.165) is 16.9 Å². The van der Waals surface area contributed by atoms with Crippen molar-refractivity contribution in [2.75, 3.05) is 31.3 Å². The van der Waals surface area contributed by atoms with E-state index in [2.05, 4.69) is 27.9 Å². The maximum atomic E-state index is 12.0. The van der Waals surface area contributed by atoms with Gasteiger partial charge in [-0.3, -0.25) is 4.79 Å². The second-order valence-electron chi connectivity index (χ2n) is 4.40. The summed E-state index contributed by atoms with van der Waals surface area (Å²) in [5, 5.41) is 3.67. The normalized spacial score (nSPS) is 10.7. The van der Waals surface area contributed by atoms with Crippen LogP contribution in [0, 0.1) is 0 Å². The van der Waals surface area contributed by atoms with Crippen LogP contribution in [0.2, 0.25) is 0 Å². The van der Waals surface area contributed by atoms with E-state index in [1.54, 1.807) is 4.57 Å². The van der Waals surface area contributed by atoms with Gasteiger partial charge in [-0.15, -0.1) is 0 Å². The molecule has 0 bridgehead atoms. The quantitative estimate of drug-likeness (QED) is 0.809. The van der Waals surface area contributed by atoms with Gasteiger partial charge in [-0.05, 0) is 6.07 Å². The number of carbonyl (C=O) groups is 1. The molecule has 0 aliphatic rings. The zero-order chi connectivity index (χ0) is 14.0. The average molecular weight is 279 g/mol. The molecular weight excluding hydrogens is 262 g/mol. The van der Waals surface area contributed by atoms with Crippen LogP contribution in [0.3, 0.4) is 0 Å². The minimum absolute atomic E-state index is 0.126. The number of anilines is 1. The van der Waals surface area contributed by atoms with E-state index in [9.17, 15) is 4.79 Å². The van der Waals surface area contributed by atoms with Crippen LogP contribution in [0.25, 0.3) is 11.0 Å². The summed E-state index contributed by atoms with van der Waals surface area (Å²) in [7, 11) is 5.65. The van der Waals surface area contributed by atoms with Gasteiger partial charge in [0.05, 0.1) is 5.39 Å². The van der Waals surface area contributed by atoms with E-state index < -0.39 is 0 Å². The highest BCUT2D eigenvalue weighted by Gasteiger charge is 2.17. The van der Waals surface area contributed by atoms with Gasteiger partial charge in [0.2, 0.25) is 0 Å². The van der Waals surface area contributed by atoms with Crippen molar-refractivity contribution in [3.8, 4) is 0 Å². The molecule has 0 saturated carbocycles. The maximum Gasteiger partial charge on any atom is 0.268 e. The van der Waals surface area contributed by atoms with Crippen molar-refractivity contribution in [2.45, 2.75) is 0 Å². The van der Waals surface area contributed by atoms with Gasteiger partial charge in [0.15, 0.2) is 0 Å². The SMILES string of the molecule is CN(C)c1ncnc2c1cc(C(=O)NCCS)n2C. The number of aromatic nitrogens is 3. The van der Waals surface area contributed by atoms with E-state index in [-0.39, 0.29) is 5.91 Å². The lowest BCUT2D eigenvalue weighted by Crippen LogP contribution is -2.27. The molecule has 1 N–H and O–H groups in total. The molecule has 0 aliphatic heterocycles. The van der Waals surface area contributed by atoms with Crippen LogP contribution < -0.4 is 10.2 Å². The van der Waals surface area contributed by atoms with E-state index in [4.69, 9.17) is 0 Å². The van der Waals surface area contributed by atoms with Gasteiger partial charge in [0.25, 0.3) is 5.91 Å². The van der Waals surface area contributed by atoms with E-state index in [0.29, 0.717) is 18.0 Å². The number of nitrogens with one attached hydrogen (secondary N) is 1. The van der Waals surface area contributed by atoms with Gasteiger partial charge in [-0.25, -0.2) is 9.97 Å². The Hall–Kier alpha value is -1.76. The van der Waals surface area contributed by atoms with Crippen molar-refractivity contribution >= 4 is 35.4 Å². The number of fused-ring (bicyclic) bond motifs is 1. The Morgan fingerprint density at radius 2 is 2.21 bits per heavy atom. The summed E-state index contributed by atoms with van der Waals surface area (Å²) in [6.45, 7) is 0.537. The molecule has 0 spiro atoms. The molecule has 1 amide bonds. The maximum absolute atomic E-state index is 12.0. The highest BCUT2D eigenvalue weighted by molar-refractivity contribution is 7.80. The van der Waals surface area contributed by atoms with E-state index in [1.165, 1.54) is 6.33 Å². The molecule has 0 unspecified atom stereocenters. The van der Waals surface area contributed by atoms with Crippen LogP contribution in [-0.4, -0.2) is 46.8 Å². The highest BCUT2D eigenvalue weighted by Crippen LogP contribution is 2.24. The number of carbonyl (C=O) groups excluding carboxylic acids is 1. The van der Waals surface area contributed by atoms with Gasteiger partial charge in [0, 0.05) is 33.4 Å². The number of hydrogen-bond donors (Lipinski definition) is 2. The molecule has 0 aromatic carbocycles. The molecule has 2 aromatic heterocycles. The molecule has 0 aliphatic carbocycles. The number of thiol groups is 1. The predicted molar refractivity (Wildman–Crippen MR) is 79.0 cm³/mol. The lowest BCUT2D eigenvalue weighted by molar-refractivity contribution is 0.0948. The van der Waals surface area contributed by atoms with Crippen LogP contribution in [-0.2, 0) is 7.05 Å². The Morgan fingerprint density at radius 3 is 2.84 bits per heavy atom. The fourth-order valence-electron chi connectivity index (χ4n) is 1.96. The molecule has 0 radical (unpaired) electrons. The Bertz CT molecular complexity index is 607. The standard InChI is InChI=1S/C12H17N5OS/c1-16(2)10-8-6-9(12(18)13-4-5-19)17(3)11(8)15-7-14-10/h6-7,19H,4-5H2,1-3H3,(H,13,18). The van der Waals surface area contributed by atoms with Crippen LogP contribution in [0.15, 0.2) is 12.4 Å². The van der Waals surface area contributed by atoms with Gasteiger partial charge >= 0.3 is 0 Å². The molecule has 2 heterocycles. The lowest BCUT2D eigenvalue weighted by Gasteiger charge is -2.11. The largest absolute Gasteiger partial charge is 0.362 e. The van der Waals surface area contributed by atoms with Gasteiger partial charge in [0.1, 0.15) is 23.5 Å². The molecule has 2 rings (SSSR count). The molecule has 0 saturated heterocycles. The number of amides is 1. The Labute approximate surface area is 117 Å². The topological polar surface area (TPSA) is 63.1 Å². The Morgan fingerprint density at radius 1 is 1.47 bits per heavy atom. The first kappa shape index (κ1) is 13.7. The Balaban J connectivity index is 2.50. The predicted octanol–water partition coefficient (Wildman–Crippen LogP) is 0.694. The van der Waals surface area contributed by atoms with Crippen molar-refractivity contribution in [1.82, 2.24) is 19.9 Å². The lowest BCUT2D eigenvalue weighted by atomic mass is 10.3. The summed E-state index contributed by atoms with van der Waals surface area (Å²) >= 11 is 4.08. The van der Waals surface area contributed by atoms with Crippen molar-refractivity contribution in [1.29, 1.82) is 0 Å². The zero-order valence-corrected chi connectivity index (χ0v) is 12.1. The second-order valence-corrected chi connectivity index (χ2v) is 4.84. The average Bonchev–Trinajstić information content (AvgIpc) is 2.73. The number of nitrogens with zero attached hydrogens (tertiary/aromatic N) is 4. The van der Waals surface area contributed by atoms with E-state index >= 15 is 0 Å². The first-order chi connectivity index (χ1) is 9.06. The smallest absolute Gasteiger partial charge is 0.268 e. The molecular formula is C12H17N5OS. The number of hydrogen-bond acceptors (Lipinski definition) is 5. The van der Waals surface area contributed by atoms with Crippen LogP contribution >= 0.6 is 12.6 Å². The van der Waals surface area contributed by atoms with Crippen LogP contribution in [0.1, 0.15) is 10.5 Å². The number of aryl methyl sites for hydroxylation is 1. The van der Waals surface area contributed by atoms with Crippen LogP contribution in [0.4, 0.5) is 5.82 Å². The molecule has 0 atom stereocenters. The molecule has 7 heteroatoms. The van der Waals surface area contributed by atoms with Crippen LogP contribution in [0.5, 0.6) is 0 Å². The zero-order valence-electron chi connectivity index (χ0n) is 11.2. The second kappa shape index (κ2) is 5.48. The minimum Gasteiger partial charge on any atom is -0.362 e. The highest BCUT2D eigenvalue weighted by atomic mass is 32.1. The van der Waals surface area contributed by atoms with Gasteiger partial charge in [-0.1, -0.05) is 0 Å². The summed E-state index contributed by atoms with van der Waals surface area (Å²) in [4.78, 5) is 22.4. The number of rotatable bonds is 4. The van der Waals surface area contributed by atoms with Crippen molar-refractivity contribution in [3.63, 3.8) is 0 Å². The Kier molecular flexibility index (Phi) is 3.94. The summed E-state index contributed by atoms with van der Waals surface area (Å²) < 4.78 is 1.78. The third-order valence-electron chi connectivity index (χ3n) is 2.86. The van der Waals surface area contributed by atoms with Crippen molar-refractivity contribution < 1.29 is 4.79 Å². The first-order valence-corrected chi connectivity index (χ1v) is 6.56. The summed E-state index contributed by atoms with van der Waals surface area (Å²) in [6.07, 6.45) is 1.51. The fourth-order valence-corrected chi connectivity index (χ4v) is 2.07. The van der Waals surface area contributed by atoms with E-state index in [1.807, 2.05) is 32.1 Å². The first-order valence-electron chi connectivity index (χ1n) is 5.93. The monoisotopic (exact) mass is 279 g/mol. The molecule has 0 fully saturated rings. The summed E-state index contributed by atoms with van der Waals surface area (Å²) in [5.74, 6) is 1.28. The van der Waals surface area contributed by atoms with Crippen molar-refractivity contribution in [2.24, 2.45) is 7.05 Å².